The molecular formula is C8H9NO5S. The first-order chi connectivity index (χ1) is 6.89. The molecule has 0 unspecified atom stereocenters. The van der Waals surface area contributed by atoms with Gasteiger partial charge in [0.2, 0.25) is 10.0 Å². The SMILES string of the molecule is O=C(O)CS(=O)(=O)Nc1cccc(O)c1. The predicted molar refractivity (Wildman–Crippen MR) is 53.2 cm³/mol. The Balaban J connectivity index is 2.82. The maximum Gasteiger partial charge on any atom is 0.320 e. The maximum absolute atomic E-state index is 11.1. The number of carbonyl (C=O) groups is 1. The van der Waals surface area contributed by atoms with Crippen molar-refractivity contribution in [3.05, 3.63) is 24.3 Å². The molecule has 0 spiro atoms. The number of nitrogens with one attached hydrogen (secondary N) is 1. The Labute approximate surface area is 86.2 Å². The monoisotopic (exact) mass is 231 g/mol. The number of benzene rings is 1. The highest BCUT2D eigenvalue weighted by atomic mass is 32.2. The van der Waals surface area contributed by atoms with E-state index in [1.165, 1.54) is 24.3 Å². The highest BCUT2D eigenvalue weighted by Gasteiger charge is 2.15. The van der Waals surface area contributed by atoms with E-state index in [-0.39, 0.29) is 11.4 Å². The fourth-order valence-electron chi connectivity index (χ4n) is 0.948. The number of anilines is 1. The van der Waals surface area contributed by atoms with Crippen LogP contribution in [0.4, 0.5) is 5.69 Å². The number of carboxylic acid groups (broad SMARTS) is 1. The van der Waals surface area contributed by atoms with Crippen LogP contribution in [-0.2, 0) is 14.8 Å². The lowest BCUT2D eigenvalue weighted by atomic mass is 10.3. The number of aromatic hydroxyl groups is 1. The summed E-state index contributed by atoms with van der Waals surface area (Å²) < 4.78 is 24.3. The maximum atomic E-state index is 11.1. The molecule has 1 rings (SSSR count). The number of hydrogen-bond donors (Lipinski definition) is 3. The summed E-state index contributed by atoms with van der Waals surface area (Å²) in [7, 11) is -3.91. The summed E-state index contributed by atoms with van der Waals surface area (Å²) in [5, 5.41) is 17.4. The van der Waals surface area contributed by atoms with Crippen molar-refractivity contribution in [2.24, 2.45) is 0 Å². The van der Waals surface area contributed by atoms with Crippen LogP contribution in [0.15, 0.2) is 24.3 Å². The van der Waals surface area contributed by atoms with Gasteiger partial charge in [0, 0.05) is 6.07 Å². The molecule has 15 heavy (non-hydrogen) atoms. The lowest BCUT2D eigenvalue weighted by molar-refractivity contribution is -0.134. The van der Waals surface area contributed by atoms with Gasteiger partial charge < -0.3 is 10.2 Å². The molecule has 0 atom stereocenters. The highest BCUT2D eigenvalue weighted by molar-refractivity contribution is 7.93. The molecule has 0 saturated carbocycles. The third-order valence-corrected chi connectivity index (χ3v) is 2.61. The molecule has 7 heteroatoms. The summed E-state index contributed by atoms with van der Waals surface area (Å²) >= 11 is 0. The Bertz CT molecular complexity index is 468. The van der Waals surface area contributed by atoms with Gasteiger partial charge in [-0.2, -0.15) is 0 Å². The summed E-state index contributed by atoms with van der Waals surface area (Å²) in [6.45, 7) is 0. The van der Waals surface area contributed by atoms with Crippen molar-refractivity contribution in [3.8, 4) is 5.75 Å². The van der Waals surface area contributed by atoms with E-state index < -0.39 is 21.7 Å². The Morgan fingerprint density at radius 2 is 2.07 bits per heavy atom. The summed E-state index contributed by atoms with van der Waals surface area (Å²) in [6.07, 6.45) is 0. The first-order valence-corrected chi connectivity index (χ1v) is 5.55. The fraction of sp³-hybridized carbons (Fsp3) is 0.125. The number of phenols is 1. The van der Waals surface area contributed by atoms with Crippen LogP contribution in [0, 0.1) is 0 Å². The molecule has 0 heterocycles. The fourth-order valence-corrected chi connectivity index (χ4v) is 1.83. The van der Waals surface area contributed by atoms with Crippen LogP contribution in [0.2, 0.25) is 0 Å². The summed E-state index contributed by atoms with van der Waals surface area (Å²) in [5.74, 6) is -2.56. The predicted octanol–water partition coefficient (Wildman–Crippen LogP) is 0.218. The first-order valence-electron chi connectivity index (χ1n) is 3.90. The van der Waals surface area contributed by atoms with Crippen molar-refractivity contribution in [2.45, 2.75) is 0 Å². The van der Waals surface area contributed by atoms with Crippen LogP contribution in [0.5, 0.6) is 5.75 Å². The minimum atomic E-state index is -3.91. The number of sulfonamides is 1. The Kier molecular flexibility index (Phi) is 3.15. The van der Waals surface area contributed by atoms with E-state index in [2.05, 4.69) is 0 Å². The van der Waals surface area contributed by atoms with E-state index in [1.54, 1.807) is 0 Å². The topological polar surface area (TPSA) is 104 Å². The van der Waals surface area contributed by atoms with Crippen LogP contribution < -0.4 is 4.72 Å². The Morgan fingerprint density at radius 1 is 1.40 bits per heavy atom. The van der Waals surface area contributed by atoms with E-state index in [9.17, 15) is 13.2 Å². The zero-order valence-corrected chi connectivity index (χ0v) is 8.36. The molecule has 0 aliphatic heterocycles. The molecule has 0 fully saturated rings. The quantitative estimate of drug-likeness (QED) is 0.687. The lowest BCUT2D eigenvalue weighted by Crippen LogP contribution is -2.22. The van der Waals surface area contributed by atoms with Gasteiger partial charge in [0.05, 0.1) is 5.69 Å². The number of rotatable bonds is 4. The van der Waals surface area contributed by atoms with Crippen LogP contribution in [-0.4, -0.2) is 30.4 Å². The van der Waals surface area contributed by atoms with E-state index in [4.69, 9.17) is 10.2 Å². The zero-order valence-electron chi connectivity index (χ0n) is 7.54. The van der Waals surface area contributed by atoms with E-state index in [0.717, 1.165) is 0 Å². The van der Waals surface area contributed by atoms with Crippen molar-refractivity contribution >= 4 is 21.7 Å². The zero-order chi connectivity index (χ0) is 11.5. The third kappa shape index (κ3) is 3.86. The van der Waals surface area contributed by atoms with Crippen molar-refractivity contribution < 1.29 is 23.4 Å². The second-order valence-corrected chi connectivity index (χ2v) is 4.53. The van der Waals surface area contributed by atoms with Crippen LogP contribution in [0.3, 0.4) is 0 Å². The normalized spacial score (nSPS) is 10.9. The summed E-state index contributed by atoms with van der Waals surface area (Å²) in [6, 6.07) is 5.39. The Hall–Kier alpha value is -1.76. The first kappa shape index (κ1) is 11.3. The van der Waals surface area contributed by atoms with Crippen LogP contribution in [0.1, 0.15) is 0 Å². The molecule has 1 aromatic carbocycles. The van der Waals surface area contributed by atoms with Gasteiger partial charge in [-0.05, 0) is 12.1 Å². The van der Waals surface area contributed by atoms with E-state index in [0.29, 0.717) is 0 Å². The molecule has 0 aliphatic carbocycles. The molecule has 3 N–H and O–H groups in total. The van der Waals surface area contributed by atoms with Crippen molar-refractivity contribution in [1.82, 2.24) is 0 Å². The van der Waals surface area contributed by atoms with Gasteiger partial charge in [0.1, 0.15) is 5.75 Å². The standard InChI is InChI=1S/C8H9NO5S/c10-7-3-1-2-6(4-7)9-15(13,14)5-8(11)12/h1-4,9-10H,5H2,(H,11,12). The molecular weight excluding hydrogens is 222 g/mol. The van der Waals surface area contributed by atoms with Crippen LogP contribution >= 0.6 is 0 Å². The summed E-state index contributed by atoms with van der Waals surface area (Å²) in [5.41, 5.74) is 0.122. The molecule has 0 aromatic heterocycles. The molecule has 1 aromatic rings. The average Bonchev–Trinajstić information content (AvgIpc) is 1.99. The van der Waals surface area contributed by atoms with Gasteiger partial charge in [0.25, 0.3) is 0 Å². The Morgan fingerprint density at radius 3 is 2.60 bits per heavy atom. The van der Waals surface area contributed by atoms with Gasteiger partial charge in [-0.25, -0.2) is 8.42 Å². The van der Waals surface area contributed by atoms with Crippen LogP contribution in [0.25, 0.3) is 0 Å². The summed E-state index contributed by atoms with van der Waals surface area (Å²) in [4.78, 5) is 10.2. The molecule has 0 radical (unpaired) electrons. The second kappa shape index (κ2) is 4.18. The molecule has 0 amide bonds. The van der Waals surface area contributed by atoms with Crippen molar-refractivity contribution in [1.29, 1.82) is 0 Å². The molecule has 0 saturated heterocycles. The molecule has 82 valence electrons. The number of hydrogen-bond acceptors (Lipinski definition) is 4. The highest BCUT2D eigenvalue weighted by Crippen LogP contribution is 2.16. The molecule has 6 nitrogen and oxygen atoms in total. The minimum Gasteiger partial charge on any atom is -0.508 e. The van der Waals surface area contributed by atoms with Gasteiger partial charge >= 0.3 is 5.97 Å². The van der Waals surface area contributed by atoms with Crippen molar-refractivity contribution in [3.63, 3.8) is 0 Å². The minimum absolute atomic E-state index is 0.106. The molecule has 0 aliphatic rings. The van der Waals surface area contributed by atoms with Gasteiger partial charge in [-0.3, -0.25) is 9.52 Å². The number of carboxylic acids is 1. The third-order valence-electron chi connectivity index (χ3n) is 1.43. The smallest absolute Gasteiger partial charge is 0.320 e. The largest absolute Gasteiger partial charge is 0.508 e. The van der Waals surface area contributed by atoms with Gasteiger partial charge in [-0.15, -0.1) is 0 Å². The van der Waals surface area contributed by atoms with E-state index in [1.807, 2.05) is 4.72 Å². The average molecular weight is 231 g/mol. The number of phenolic OH excluding ortho intramolecular Hbond substituents is 1. The van der Waals surface area contributed by atoms with Gasteiger partial charge in [-0.1, -0.05) is 6.07 Å². The van der Waals surface area contributed by atoms with E-state index >= 15 is 0 Å². The lowest BCUT2D eigenvalue weighted by Gasteiger charge is -2.05. The second-order valence-electron chi connectivity index (χ2n) is 2.81. The van der Waals surface area contributed by atoms with Gasteiger partial charge in [0.15, 0.2) is 5.75 Å². The molecule has 0 bridgehead atoms. The van der Waals surface area contributed by atoms with Crippen molar-refractivity contribution in [2.75, 3.05) is 10.5 Å². The number of aliphatic carboxylic acids is 1.